The van der Waals surface area contributed by atoms with E-state index in [0.717, 1.165) is 42.0 Å². The zero-order chi connectivity index (χ0) is 33.7. The topological polar surface area (TPSA) is 292 Å². The molecule has 45 heavy (non-hydrogen) atoms. The van der Waals surface area contributed by atoms with Gasteiger partial charge >= 0.3 is 27.1 Å². The molecule has 1 saturated heterocycles. The maximum Gasteiger partial charge on any atom is 0.352 e. The van der Waals surface area contributed by atoms with E-state index in [4.69, 9.17) is 9.57 Å². The lowest BCUT2D eigenvalue weighted by molar-refractivity contribution is -0.150. The Bertz CT molecular complexity index is 1500. The van der Waals surface area contributed by atoms with E-state index in [0.29, 0.717) is 0 Å². The first-order valence-corrected chi connectivity index (χ1v) is 18.1. The summed E-state index contributed by atoms with van der Waals surface area (Å²) in [6.45, 7) is 0.854. The summed E-state index contributed by atoms with van der Waals surface area (Å²) in [4.78, 5) is 108. The molecule has 0 radical (unpaired) electrons. The van der Waals surface area contributed by atoms with Crippen molar-refractivity contribution in [3.05, 3.63) is 22.3 Å². The van der Waals surface area contributed by atoms with E-state index < -0.39 is 68.1 Å². The second-order valence-electron chi connectivity index (χ2n) is 9.51. The first kappa shape index (κ1) is 36.3. The number of carboxylic acid groups (broad SMARTS) is 1. The van der Waals surface area contributed by atoms with Gasteiger partial charge in [0.05, 0.1) is 0 Å². The van der Waals surface area contributed by atoms with Gasteiger partial charge in [0.2, 0.25) is 5.91 Å². The van der Waals surface area contributed by atoms with Crippen molar-refractivity contribution in [3.8, 4) is 0 Å². The Kier molecular flexibility index (Phi) is 12.1. The van der Waals surface area contributed by atoms with Gasteiger partial charge < -0.3 is 44.9 Å². The summed E-state index contributed by atoms with van der Waals surface area (Å²) >= 11 is 2.08. The van der Waals surface area contributed by atoms with Gasteiger partial charge in [-0.05, 0) is 12.8 Å². The molecule has 0 aromatic carbocycles. The van der Waals surface area contributed by atoms with Crippen molar-refractivity contribution in [1.29, 1.82) is 0 Å². The Hall–Kier alpha value is -3.16. The lowest BCUT2D eigenvalue weighted by Gasteiger charge is -2.49. The number of thiazole rings is 1. The van der Waals surface area contributed by atoms with Gasteiger partial charge in [-0.3, -0.25) is 33.2 Å². The number of hydrogen-bond donors (Lipinski definition) is 7. The number of esters is 1. The van der Waals surface area contributed by atoms with Gasteiger partial charge in [-0.15, -0.1) is 23.1 Å². The third-order valence-corrected chi connectivity index (χ3v) is 12.2. The summed E-state index contributed by atoms with van der Waals surface area (Å²) in [7, 11) is -8.96. The number of amides is 3. The third-order valence-electron chi connectivity index (χ3n) is 6.27. The SMILES string of the molecule is CO/N=C(\C(=O)N[C@@H]1C(=O)N2C(C(=O)O)=C(COC(C)=O)CS[C@H]12)c1csc(NC(=O)CCCCC(P(=O)(O)O)P(=O)(O)O)n1. The van der Waals surface area contributed by atoms with Crippen molar-refractivity contribution in [3.63, 3.8) is 0 Å². The molecule has 248 valence electrons. The maximum atomic E-state index is 13.1. The highest BCUT2D eigenvalue weighted by Crippen LogP contribution is 2.61. The molecule has 3 heterocycles. The zero-order valence-corrected chi connectivity index (χ0v) is 26.9. The van der Waals surface area contributed by atoms with Gasteiger partial charge in [0.15, 0.2) is 16.2 Å². The van der Waals surface area contributed by atoms with Gasteiger partial charge in [0, 0.05) is 30.1 Å². The van der Waals surface area contributed by atoms with E-state index in [9.17, 15) is 57.8 Å². The quantitative estimate of drug-likeness (QED) is 0.0314. The zero-order valence-electron chi connectivity index (χ0n) is 23.5. The van der Waals surface area contributed by atoms with Gasteiger partial charge in [0.25, 0.3) is 11.8 Å². The first-order valence-electron chi connectivity index (χ1n) is 12.8. The van der Waals surface area contributed by atoms with E-state index in [1.54, 1.807) is 0 Å². The van der Waals surface area contributed by atoms with Crippen LogP contribution in [0.1, 0.15) is 38.3 Å². The fourth-order valence-electron chi connectivity index (χ4n) is 4.25. The van der Waals surface area contributed by atoms with Gasteiger partial charge in [-0.25, -0.2) is 9.78 Å². The average Bonchev–Trinajstić information content (AvgIpc) is 3.38. The number of rotatable bonds is 15. The largest absolute Gasteiger partial charge is 0.477 e. The molecule has 0 spiro atoms. The Morgan fingerprint density at radius 2 is 1.84 bits per heavy atom. The van der Waals surface area contributed by atoms with Crippen molar-refractivity contribution in [1.82, 2.24) is 15.2 Å². The molecule has 2 aliphatic heterocycles. The number of oxime groups is 1. The molecule has 3 amide bonds. The summed E-state index contributed by atoms with van der Waals surface area (Å²) in [5.74, 6) is -4.06. The number of ether oxygens (including phenoxy) is 1. The summed E-state index contributed by atoms with van der Waals surface area (Å²) in [5, 5.41) is 16.8. The summed E-state index contributed by atoms with van der Waals surface area (Å²) in [5.41, 5.74) is -0.492. The third kappa shape index (κ3) is 9.20. The molecule has 0 unspecified atom stereocenters. The van der Waals surface area contributed by atoms with Gasteiger partial charge in [0.1, 0.15) is 36.5 Å². The maximum absolute atomic E-state index is 13.1. The van der Waals surface area contributed by atoms with Gasteiger partial charge in [-0.2, -0.15) is 0 Å². The smallest absolute Gasteiger partial charge is 0.352 e. The lowest BCUT2D eigenvalue weighted by atomic mass is 10.0. The Balaban J connectivity index is 1.60. The van der Waals surface area contributed by atoms with Crippen LogP contribution < -0.4 is 10.6 Å². The lowest BCUT2D eigenvalue weighted by Crippen LogP contribution is -2.71. The molecule has 7 N–H and O–H groups in total. The van der Waals surface area contributed by atoms with E-state index in [1.807, 2.05) is 0 Å². The van der Waals surface area contributed by atoms with Crippen LogP contribution in [-0.4, -0.2) is 106 Å². The Morgan fingerprint density at radius 1 is 1.18 bits per heavy atom. The molecule has 1 aromatic rings. The normalized spacial score (nSPS) is 18.7. The summed E-state index contributed by atoms with van der Waals surface area (Å²) in [6, 6.07) is -1.12. The molecule has 0 saturated carbocycles. The highest BCUT2D eigenvalue weighted by molar-refractivity contribution is 8.00. The number of hydrogen-bond acceptors (Lipinski definition) is 13. The number of carbonyl (C=O) groups is 5. The number of nitrogens with zero attached hydrogens (tertiary/aromatic N) is 3. The molecule has 23 heteroatoms. The average molecular weight is 714 g/mol. The van der Waals surface area contributed by atoms with Crippen molar-refractivity contribution < 1.29 is 67.4 Å². The van der Waals surface area contributed by atoms with Crippen LogP contribution in [0, 0.1) is 0 Å². The number of β-lactam (4-membered cyclic amide) rings is 1. The van der Waals surface area contributed by atoms with Gasteiger partial charge in [-0.1, -0.05) is 11.6 Å². The van der Waals surface area contributed by atoms with Crippen LogP contribution in [0.3, 0.4) is 0 Å². The van der Waals surface area contributed by atoms with Crippen LogP contribution in [0.4, 0.5) is 5.13 Å². The molecule has 3 rings (SSSR count). The predicted molar refractivity (Wildman–Crippen MR) is 157 cm³/mol. The van der Waals surface area contributed by atoms with Crippen LogP contribution in [-0.2, 0) is 42.7 Å². The van der Waals surface area contributed by atoms with Crippen molar-refractivity contribution in [2.24, 2.45) is 5.16 Å². The number of fused-ring (bicyclic) bond motifs is 1. The first-order chi connectivity index (χ1) is 20.9. The van der Waals surface area contributed by atoms with Crippen LogP contribution in [0.2, 0.25) is 0 Å². The Morgan fingerprint density at radius 3 is 2.42 bits per heavy atom. The van der Waals surface area contributed by atoms with Crippen molar-refractivity contribution in [2.75, 3.05) is 24.8 Å². The van der Waals surface area contributed by atoms with Crippen LogP contribution in [0.15, 0.2) is 21.8 Å². The summed E-state index contributed by atoms with van der Waals surface area (Å²) < 4.78 is 27.6. The summed E-state index contributed by atoms with van der Waals surface area (Å²) in [6.07, 6.45) is -0.678. The number of anilines is 1. The minimum Gasteiger partial charge on any atom is -0.477 e. The molecular formula is C22H29N5O14P2S2. The Labute approximate surface area is 262 Å². The second kappa shape index (κ2) is 15.0. The molecule has 1 fully saturated rings. The number of thioether (sulfide) groups is 1. The molecule has 0 aliphatic carbocycles. The molecule has 19 nitrogen and oxygen atoms in total. The van der Waals surface area contributed by atoms with Crippen molar-refractivity contribution in [2.45, 2.75) is 49.4 Å². The highest BCUT2D eigenvalue weighted by Gasteiger charge is 2.54. The van der Waals surface area contributed by atoms with E-state index in [1.165, 1.54) is 5.38 Å². The molecular weight excluding hydrogens is 684 g/mol. The van der Waals surface area contributed by atoms with Crippen LogP contribution in [0.25, 0.3) is 0 Å². The number of nitrogens with one attached hydrogen (secondary N) is 2. The van der Waals surface area contributed by atoms with E-state index in [-0.39, 0.29) is 59.4 Å². The van der Waals surface area contributed by atoms with Crippen LogP contribution >= 0.6 is 38.3 Å². The number of unbranched alkanes of at least 4 members (excludes halogenated alkanes) is 1. The second-order valence-corrected chi connectivity index (χ2v) is 15.5. The minimum atomic E-state index is -5.06. The monoisotopic (exact) mass is 713 g/mol. The standard InChI is InChI=1S/C22H29N5O14P2S2/c1-10(28)41-7-11-8-44-20-16(19(31)27(20)17(11)21(32)33)25-18(30)15(26-40-2)12-9-45-22(23-12)24-13(29)5-3-4-6-14(42(34,35)36)43(37,38)39/h9,14,16,20H,3-8H2,1-2H3,(H,25,30)(H,32,33)(H,23,24,29)(H2,34,35,36)(H2,37,38,39)/b26-15-/t16-,20-/m1/s1. The van der Waals surface area contributed by atoms with E-state index >= 15 is 0 Å². The minimum absolute atomic E-state index is 0.0319. The molecule has 0 bridgehead atoms. The molecule has 2 aliphatic rings. The molecule has 2 atom stereocenters. The van der Waals surface area contributed by atoms with Crippen molar-refractivity contribution >= 4 is 78.8 Å². The number of carbonyl (C=O) groups excluding carboxylic acids is 4. The fraction of sp³-hybridized carbons (Fsp3) is 0.500. The van der Waals surface area contributed by atoms with E-state index in [2.05, 4.69) is 20.8 Å². The number of aromatic nitrogens is 1. The highest BCUT2D eigenvalue weighted by atomic mass is 32.2. The van der Waals surface area contributed by atoms with Crippen LogP contribution in [0.5, 0.6) is 0 Å². The fourth-order valence-corrected chi connectivity index (χ4v) is 8.90. The number of aliphatic carboxylic acids is 1. The number of carboxylic acids is 1. The predicted octanol–water partition coefficient (Wildman–Crippen LogP) is -0.0243. The molecule has 1 aromatic heterocycles.